The standard InChI is InChI=1S/C18H19N3O/c1-12-9-19-10-17(20-12)16-5-3-4-14-8-18(7-6-15(14)16)11-22-13(2)21-18/h3-5,9-10H,6-8,11H2,1-2H3. The minimum Gasteiger partial charge on any atom is -0.479 e. The van der Waals surface area contributed by atoms with Gasteiger partial charge < -0.3 is 4.74 Å². The summed E-state index contributed by atoms with van der Waals surface area (Å²) in [5, 5.41) is 0. The van der Waals surface area contributed by atoms with E-state index in [0.29, 0.717) is 6.61 Å². The molecule has 0 N–H and O–H groups in total. The largest absolute Gasteiger partial charge is 0.479 e. The van der Waals surface area contributed by atoms with Crippen LogP contribution in [0.15, 0.2) is 35.6 Å². The Morgan fingerprint density at radius 1 is 1.18 bits per heavy atom. The number of hydrogen-bond donors (Lipinski definition) is 0. The van der Waals surface area contributed by atoms with Crippen molar-refractivity contribution in [1.82, 2.24) is 9.97 Å². The Morgan fingerprint density at radius 2 is 2.09 bits per heavy atom. The monoisotopic (exact) mass is 293 g/mol. The van der Waals surface area contributed by atoms with Crippen LogP contribution in [0.3, 0.4) is 0 Å². The van der Waals surface area contributed by atoms with Gasteiger partial charge in [-0.2, -0.15) is 0 Å². The van der Waals surface area contributed by atoms with E-state index in [0.717, 1.165) is 36.5 Å². The quantitative estimate of drug-likeness (QED) is 0.811. The molecule has 0 amide bonds. The number of benzene rings is 1. The highest BCUT2D eigenvalue weighted by molar-refractivity contribution is 5.76. The minimum absolute atomic E-state index is 0.0476. The van der Waals surface area contributed by atoms with Crippen molar-refractivity contribution in [3.63, 3.8) is 0 Å². The molecule has 4 heteroatoms. The fraction of sp³-hybridized carbons (Fsp3) is 0.389. The summed E-state index contributed by atoms with van der Waals surface area (Å²) in [6, 6.07) is 6.48. The molecule has 1 aliphatic heterocycles. The molecule has 2 aliphatic rings. The Kier molecular flexibility index (Phi) is 2.99. The third-order valence-corrected chi connectivity index (χ3v) is 4.61. The van der Waals surface area contributed by atoms with Crippen LogP contribution in [0.4, 0.5) is 0 Å². The van der Waals surface area contributed by atoms with Crippen molar-refractivity contribution in [2.45, 2.75) is 38.6 Å². The van der Waals surface area contributed by atoms with Crippen molar-refractivity contribution in [1.29, 1.82) is 0 Å². The van der Waals surface area contributed by atoms with Crippen LogP contribution in [-0.4, -0.2) is 28.0 Å². The summed E-state index contributed by atoms with van der Waals surface area (Å²) in [4.78, 5) is 13.7. The topological polar surface area (TPSA) is 47.4 Å². The maximum absolute atomic E-state index is 5.62. The summed E-state index contributed by atoms with van der Waals surface area (Å²) in [5.74, 6) is 0.823. The molecule has 1 spiro atoms. The first kappa shape index (κ1) is 13.4. The van der Waals surface area contributed by atoms with Gasteiger partial charge in [0.25, 0.3) is 0 Å². The van der Waals surface area contributed by atoms with Gasteiger partial charge in [-0.1, -0.05) is 18.2 Å². The smallest absolute Gasteiger partial charge is 0.180 e. The lowest BCUT2D eigenvalue weighted by molar-refractivity contribution is 0.236. The Labute approximate surface area is 130 Å². The van der Waals surface area contributed by atoms with Crippen LogP contribution in [0.1, 0.15) is 30.2 Å². The van der Waals surface area contributed by atoms with E-state index >= 15 is 0 Å². The number of aromatic nitrogens is 2. The number of aliphatic imine (C=N–C) groups is 1. The molecule has 0 fully saturated rings. The molecule has 2 heterocycles. The molecule has 4 nitrogen and oxygen atoms in total. The van der Waals surface area contributed by atoms with Gasteiger partial charge in [-0.3, -0.25) is 4.98 Å². The third-order valence-electron chi connectivity index (χ3n) is 4.61. The van der Waals surface area contributed by atoms with Gasteiger partial charge >= 0.3 is 0 Å². The van der Waals surface area contributed by atoms with Gasteiger partial charge in [0.1, 0.15) is 12.1 Å². The second-order valence-electron chi connectivity index (χ2n) is 6.31. The summed E-state index contributed by atoms with van der Waals surface area (Å²) in [6.07, 6.45) is 6.65. The lowest BCUT2D eigenvalue weighted by Gasteiger charge is -2.31. The van der Waals surface area contributed by atoms with Crippen molar-refractivity contribution in [2.24, 2.45) is 4.99 Å². The fourth-order valence-corrected chi connectivity index (χ4v) is 3.59. The van der Waals surface area contributed by atoms with Crippen molar-refractivity contribution in [2.75, 3.05) is 6.61 Å². The summed E-state index contributed by atoms with van der Waals surface area (Å²) in [7, 11) is 0. The van der Waals surface area contributed by atoms with E-state index in [-0.39, 0.29) is 5.54 Å². The lowest BCUT2D eigenvalue weighted by atomic mass is 9.77. The number of nitrogens with zero attached hydrogens (tertiary/aromatic N) is 3. The molecule has 1 aliphatic carbocycles. The van der Waals surface area contributed by atoms with Gasteiger partial charge in [-0.15, -0.1) is 0 Å². The van der Waals surface area contributed by atoms with Crippen molar-refractivity contribution >= 4 is 5.90 Å². The highest BCUT2D eigenvalue weighted by Gasteiger charge is 2.39. The lowest BCUT2D eigenvalue weighted by Crippen LogP contribution is -2.35. The fourth-order valence-electron chi connectivity index (χ4n) is 3.59. The highest BCUT2D eigenvalue weighted by Crippen LogP contribution is 2.38. The Bertz CT molecular complexity index is 769. The van der Waals surface area contributed by atoms with E-state index < -0.39 is 0 Å². The molecule has 0 radical (unpaired) electrons. The Hall–Kier alpha value is -2.23. The molecule has 0 bridgehead atoms. The van der Waals surface area contributed by atoms with Crippen LogP contribution < -0.4 is 0 Å². The minimum atomic E-state index is -0.0476. The van der Waals surface area contributed by atoms with Crippen LogP contribution in [-0.2, 0) is 17.6 Å². The third kappa shape index (κ3) is 2.19. The first-order valence-electron chi connectivity index (χ1n) is 7.74. The van der Waals surface area contributed by atoms with Gasteiger partial charge in [0.05, 0.1) is 17.6 Å². The molecule has 0 saturated carbocycles. The summed E-state index contributed by atoms with van der Waals surface area (Å²) in [5.41, 5.74) is 5.85. The molecule has 1 atom stereocenters. The van der Waals surface area contributed by atoms with E-state index in [1.807, 2.05) is 20.0 Å². The molecule has 1 unspecified atom stereocenters. The molecular formula is C18H19N3O. The normalized spacial score (nSPS) is 23.1. The average Bonchev–Trinajstić information content (AvgIpc) is 2.87. The van der Waals surface area contributed by atoms with Crippen molar-refractivity contribution in [3.8, 4) is 11.3 Å². The van der Waals surface area contributed by atoms with Crippen LogP contribution in [0.5, 0.6) is 0 Å². The molecule has 0 saturated heterocycles. The van der Waals surface area contributed by atoms with E-state index in [1.165, 1.54) is 16.7 Å². The van der Waals surface area contributed by atoms with Gasteiger partial charge in [-0.25, -0.2) is 9.98 Å². The number of hydrogen-bond acceptors (Lipinski definition) is 4. The predicted molar refractivity (Wildman–Crippen MR) is 86.0 cm³/mol. The summed E-state index contributed by atoms with van der Waals surface area (Å²) < 4.78 is 5.62. The van der Waals surface area contributed by atoms with Crippen molar-refractivity contribution < 1.29 is 4.74 Å². The predicted octanol–water partition coefficient (Wildman–Crippen LogP) is 3.13. The maximum Gasteiger partial charge on any atom is 0.180 e. The van der Waals surface area contributed by atoms with Crippen LogP contribution >= 0.6 is 0 Å². The zero-order chi connectivity index (χ0) is 15.2. The second-order valence-corrected chi connectivity index (χ2v) is 6.31. The summed E-state index contributed by atoms with van der Waals surface area (Å²) >= 11 is 0. The number of rotatable bonds is 1. The highest BCUT2D eigenvalue weighted by atomic mass is 16.5. The SMILES string of the molecule is CC1=NC2(CCc3c(cccc3-c3cncc(C)n3)C2)CO1. The van der Waals surface area contributed by atoms with Crippen LogP contribution in [0.2, 0.25) is 0 Å². The molecule has 4 rings (SSSR count). The maximum atomic E-state index is 5.62. The van der Waals surface area contributed by atoms with E-state index in [2.05, 4.69) is 28.2 Å². The Morgan fingerprint density at radius 3 is 2.86 bits per heavy atom. The van der Waals surface area contributed by atoms with Gasteiger partial charge in [0.15, 0.2) is 5.90 Å². The van der Waals surface area contributed by atoms with Crippen LogP contribution in [0.25, 0.3) is 11.3 Å². The molecule has 1 aromatic carbocycles. The van der Waals surface area contributed by atoms with E-state index in [4.69, 9.17) is 9.73 Å². The Balaban J connectivity index is 1.76. The first-order valence-corrected chi connectivity index (χ1v) is 7.74. The molecule has 1 aromatic heterocycles. The van der Waals surface area contributed by atoms with Crippen molar-refractivity contribution in [3.05, 3.63) is 47.4 Å². The number of aryl methyl sites for hydroxylation is 1. The zero-order valence-corrected chi connectivity index (χ0v) is 13.0. The average molecular weight is 293 g/mol. The van der Waals surface area contributed by atoms with E-state index in [9.17, 15) is 0 Å². The summed E-state index contributed by atoms with van der Waals surface area (Å²) in [6.45, 7) is 4.64. The van der Waals surface area contributed by atoms with Gasteiger partial charge in [0.2, 0.25) is 0 Å². The molecular weight excluding hydrogens is 274 g/mol. The number of fused-ring (bicyclic) bond motifs is 1. The molecule has 2 aromatic rings. The second kappa shape index (κ2) is 4.90. The van der Waals surface area contributed by atoms with Gasteiger partial charge in [-0.05, 0) is 30.9 Å². The van der Waals surface area contributed by atoms with E-state index in [1.54, 1.807) is 6.20 Å². The number of ether oxygens (including phenoxy) is 1. The van der Waals surface area contributed by atoms with Crippen LogP contribution in [0, 0.1) is 6.92 Å². The zero-order valence-electron chi connectivity index (χ0n) is 13.0. The van der Waals surface area contributed by atoms with Gasteiger partial charge in [0, 0.05) is 25.1 Å². The molecule has 112 valence electrons. The first-order chi connectivity index (χ1) is 10.7. The molecule has 22 heavy (non-hydrogen) atoms.